The molecular weight excluding hydrogens is 274 g/mol. The molecule has 0 saturated carbocycles. The summed E-state index contributed by atoms with van der Waals surface area (Å²) in [5.41, 5.74) is 5.20. The van der Waals surface area contributed by atoms with Gasteiger partial charge >= 0.3 is 0 Å². The second-order valence-corrected chi connectivity index (χ2v) is 5.82. The number of nitrogens with zero attached hydrogens (tertiary/aromatic N) is 1. The number of amides is 1. The molecule has 1 amide bonds. The first-order valence-electron chi connectivity index (χ1n) is 7.60. The third kappa shape index (κ3) is 2.37. The predicted octanol–water partition coefficient (Wildman–Crippen LogP) is 2.85. The fraction of sp³-hybridized carbons (Fsp3) is 0.222. The zero-order valence-corrected chi connectivity index (χ0v) is 12.2. The van der Waals surface area contributed by atoms with Crippen molar-refractivity contribution in [3.05, 3.63) is 65.5 Å². The average Bonchev–Trinajstić information content (AvgIpc) is 3.02. The number of imidazole rings is 1. The molecule has 0 fully saturated rings. The SMILES string of the molecule is O=C(N[C@@H]1CCc2ccccc2C1)c1ccc2nc[nH]c2c1. The van der Waals surface area contributed by atoms with Crippen LogP contribution in [0.3, 0.4) is 0 Å². The van der Waals surface area contributed by atoms with E-state index in [9.17, 15) is 4.79 Å². The molecule has 1 atom stereocenters. The fourth-order valence-electron chi connectivity index (χ4n) is 3.17. The van der Waals surface area contributed by atoms with Crippen molar-refractivity contribution in [1.82, 2.24) is 15.3 Å². The molecule has 0 unspecified atom stereocenters. The second-order valence-electron chi connectivity index (χ2n) is 5.82. The average molecular weight is 291 g/mol. The molecule has 22 heavy (non-hydrogen) atoms. The summed E-state index contributed by atoms with van der Waals surface area (Å²) in [5.74, 6) is -0.0131. The highest BCUT2D eigenvalue weighted by atomic mass is 16.1. The number of carbonyl (C=O) groups excluding carboxylic acids is 1. The molecule has 1 heterocycles. The van der Waals surface area contributed by atoms with Crippen LogP contribution in [0, 0.1) is 0 Å². The molecule has 4 nitrogen and oxygen atoms in total. The molecular formula is C18H17N3O. The van der Waals surface area contributed by atoms with Crippen LogP contribution in [0.1, 0.15) is 27.9 Å². The lowest BCUT2D eigenvalue weighted by Crippen LogP contribution is -2.38. The zero-order chi connectivity index (χ0) is 14.9. The highest BCUT2D eigenvalue weighted by Gasteiger charge is 2.20. The molecule has 4 rings (SSSR count). The maximum Gasteiger partial charge on any atom is 0.251 e. The van der Waals surface area contributed by atoms with E-state index in [2.05, 4.69) is 39.6 Å². The molecule has 4 heteroatoms. The van der Waals surface area contributed by atoms with Gasteiger partial charge in [0, 0.05) is 11.6 Å². The second kappa shape index (κ2) is 5.30. The largest absolute Gasteiger partial charge is 0.349 e. The van der Waals surface area contributed by atoms with Crippen LogP contribution in [-0.2, 0) is 12.8 Å². The number of benzene rings is 2. The van der Waals surface area contributed by atoms with Crippen LogP contribution in [-0.4, -0.2) is 21.9 Å². The maximum atomic E-state index is 12.4. The Morgan fingerprint density at radius 3 is 2.95 bits per heavy atom. The number of carbonyl (C=O) groups is 1. The van der Waals surface area contributed by atoms with Crippen LogP contribution >= 0.6 is 0 Å². The molecule has 0 spiro atoms. The lowest BCUT2D eigenvalue weighted by Gasteiger charge is -2.25. The molecule has 0 bridgehead atoms. The Morgan fingerprint density at radius 2 is 2.05 bits per heavy atom. The van der Waals surface area contributed by atoms with Gasteiger partial charge in [0.15, 0.2) is 0 Å². The van der Waals surface area contributed by atoms with Gasteiger partial charge in [0.05, 0.1) is 17.4 Å². The summed E-state index contributed by atoms with van der Waals surface area (Å²) in [6, 6.07) is 14.2. The van der Waals surface area contributed by atoms with Crippen molar-refractivity contribution in [3.8, 4) is 0 Å². The summed E-state index contributed by atoms with van der Waals surface area (Å²) < 4.78 is 0. The highest BCUT2D eigenvalue weighted by molar-refractivity contribution is 5.97. The molecule has 2 aromatic carbocycles. The topological polar surface area (TPSA) is 57.8 Å². The number of aryl methyl sites for hydroxylation is 1. The summed E-state index contributed by atoms with van der Waals surface area (Å²) in [4.78, 5) is 19.7. The van der Waals surface area contributed by atoms with Crippen LogP contribution in [0.4, 0.5) is 0 Å². The van der Waals surface area contributed by atoms with E-state index >= 15 is 0 Å². The van der Waals surface area contributed by atoms with Crippen molar-refractivity contribution >= 4 is 16.9 Å². The van der Waals surface area contributed by atoms with Crippen molar-refractivity contribution in [3.63, 3.8) is 0 Å². The standard InChI is InChI=1S/C18H17N3O/c22-18(14-6-8-16-17(10-14)20-11-19-16)21-15-7-5-12-3-1-2-4-13(12)9-15/h1-4,6,8,10-11,15H,5,7,9H2,(H,19,20)(H,21,22)/t15-/m1/s1. The van der Waals surface area contributed by atoms with Crippen molar-refractivity contribution in [2.45, 2.75) is 25.3 Å². The summed E-state index contributed by atoms with van der Waals surface area (Å²) in [5, 5.41) is 3.16. The predicted molar refractivity (Wildman–Crippen MR) is 85.8 cm³/mol. The van der Waals surface area contributed by atoms with Crippen molar-refractivity contribution in [2.24, 2.45) is 0 Å². The number of rotatable bonds is 2. The van der Waals surface area contributed by atoms with Crippen molar-refractivity contribution in [1.29, 1.82) is 0 Å². The first-order chi connectivity index (χ1) is 10.8. The Balaban J connectivity index is 1.50. The van der Waals surface area contributed by atoms with Crippen LogP contribution in [0.2, 0.25) is 0 Å². The molecule has 0 aliphatic heterocycles. The van der Waals surface area contributed by atoms with E-state index in [1.165, 1.54) is 11.1 Å². The normalized spacial score (nSPS) is 17.2. The molecule has 1 aromatic heterocycles. The Labute approximate surface area is 128 Å². The van der Waals surface area contributed by atoms with E-state index in [-0.39, 0.29) is 11.9 Å². The van der Waals surface area contributed by atoms with E-state index in [1.807, 2.05) is 18.2 Å². The van der Waals surface area contributed by atoms with Gasteiger partial charge in [0.25, 0.3) is 5.91 Å². The minimum atomic E-state index is -0.0131. The molecule has 110 valence electrons. The van der Waals surface area contributed by atoms with E-state index < -0.39 is 0 Å². The van der Waals surface area contributed by atoms with Crippen LogP contribution < -0.4 is 5.32 Å². The van der Waals surface area contributed by atoms with E-state index in [0.29, 0.717) is 5.56 Å². The molecule has 0 saturated heterocycles. The van der Waals surface area contributed by atoms with Gasteiger partial charge in [-0.2, -0.15) is 0 Å². The highest BCUT2D eigenvalue weighted by Crippen LogP contribution is 2.21. The minimum absolute atomic E-state index is 0.0131. The molecule has 1 aliphatic rings. The van der Waals surface area contributed by atoms with Gasteiger partial charge in [-0.25, -0.2) is 4.98 Å². The van der Waals surface area contributed by atoms with Gasteiger partial charge in [0.2, 0.25) is 0 Å². The smallest absolute Gasteiger partial charge is 0.251 e. The van der Waals surface area contributed by atoms with Gasteiger partial charge < -0.3 is 10.3 Å². The van der Waals surface area contributed by atoms with Crippen LogP contribution in [0.15, 0.2) is 48.8 Å². The summed E-state index contributed by atoms with van der Waals surface area (Å²) >= 11 is 0. The van der Waals surface area contributed by atoms with E-state index in [4.69, 9.17) is 0 Å². The monoisotopic (exact) mass is 291 g/mol. The van der Waals surface area contributed by atoms with E-state index in [0.717, 1.165) is 30.3 Å². The third-order valence-corrected chi connectivity index (χ3v) is 4.36. The number of H-pyrrole nitrogens is 1. The first kappa shape index (κ1) is 13.1. The number of nitrogens with one attached hydrogen (secondary N) is 2. The van der Waals surface area contributed by atoms with Crippen LogP contribution in [0.25, 0.3) is 11.0 Å². The number of aromatic nitrogens is 2. The van der Waals surface area contributed by atoms with Gasteiger partial charge in [-0.3, -0.25) is 4.79 Å². The summed E-state index contributed by atoms with van der Waals surface area (Å²) in [6.07, 6.45) is 4.58. The van der Waals surface area contributed by atoms with Gasteiger partial charge in [0.1, 0.15) is 0 Å². The maximum absolute atomic E-state index is 12.4. The van der Waals surface area contributed by atoms with Gasteiger partial charge in [-0.05, 0) is 48.6 Å². The zero-order valence-electron chi connectivity index (χ0n) is 12.2. The van der Waals surface area contributed by atoms with Crippen LogP contribution in [0.5, 0.6) is 0 Å². The third-order valence-electron chi connectivity index (χ3n) is 4.36. The van der Waals surface area contributed by atoms with Gasteiger partial charge in [-0.15, -0.1) is 0 Å². The lowest BCUT2D eigenvalue weighted by molar-refractivity contribution is 0.0934. The summed E-state index contributed by atoms with van der Waals surface area (Å²) in [6.45, 7) is 0. The number of fused-ring (bicyclic) bond motifs is 2. The quantitative estimate of drug-likeness (QED) is 0.763. The van der Waals surface area contributed by atoms with Gasteiger partial charge in [-0.1, -0.05) is 24.3 Å². The lowest BCUT2D eigenvalue weighted by atomic mass is 9.88. The Hall–Kier alpha value is -2.62. The number of hydrogen-bond acceptors (Lipinski definition) is 2. The Bertz CT molecular complexity index is 837. The molecule has 3 aromatic rings. The molecule has 1 aliphatic carbocycles. The minimum Gasteiger partial charge on any atom is -0.349 e. The number of aromatic amines is 1. The fourth-order valence-corrected chi connectivity index (χ4v) is 3.17. The number of hydrogen-bond donors (Lipinski definition) is 2. The van der Waals surface area contributed by atoms with E-state index in [1.54, 1.807) is 6.33 Å². The first-order valence-corrected chi connectivity index (χ1v) is 7.60. The molecule has 2 N–H and O–H groups in total. The van der Waals surface area contributed by atoms with Crippen molar-refractivity contribution in [2.75, 3.05) is 0 Å². The Kier molecular flexibility index (Phi) is 3.15. The molecule has 0 radical (unpaired) electrons. The Morgan fingerprint density at radius 1 is 1.18 bits per heavy atom. The van der Waals surface area contributed by atoms with Crippen molar-refractivity contribution < 1.29 is 4.79 Å². The summed E-state index contributed by atoms with van der Waals surface area (Å²) in [7, 11) is 0.